The Morgan fingerprint density at radius 3 is 2.47 bits per heavy atom. The molecule has 2 amide bonds. The molecular formula is C21H30N4O5. The highest BCUT2D eigenvalue weighted by molar-refractivity contribution is 5.92. The van der Waals surface area contributed by atoms with Crippen LogP contribution in [-0.2, 0) is 14.3 Å². The standard InChI is InChI=1S/C21H30N4O5/c1-20(6-7-20)30-19(27)24-11-8-21(28-2,9-12-24)15-29-17-14-22-16(13-23-17)25-10-4-3-5-18(25)26/h13-14H,3-12,15H2,1-2H3. The highest BCUT2D eigenvalue weighted by Gasteiger charge is 2.44. The van der Waals surface area contributed by atoms with Gasteiger partial charge in [0.05, 0.1) is 12.4 Å². The Labute approximate surface area is 176 Å². The predicted molar refractivity (Wildman–Crippen MR) is 108 cm³/mol. The van der Waals surface area contributed by atoms with Gasteiger partial charge in [0.1, 0.15) is 17.8 Å². The second-order valence-corrected chi connectivity index (χ2v) is 8.70. The van der Waals surface area contributed by atoms with Crippen molar-refractivity contribution in [1.29, 1.82) is 0 Å². The Morgan fingerprint density at radius 2 is 1.87 bits per heavy atom. The summed E-state index contributed by atoms with van der Waals surface area (Å²) in [6.07, 6.45) is 8.53. The van der Waals surface area contributed by atoms with E-state index in [4.69, 9.17) is 14.2 Å². The number of anilines is 1. The summed E-state index contributed by atoms with van der Waals surface area (Å²) in [6.45, 7) is 4.09. The number of likely N-dealkylation sites (tertiary alicyclic amines) is 1. The maximum absolute atomic E-state index is 12.3. The van der Waals surface area contributed by atoms with Gasteiger partial charge in [0.15, 0.2) is 5.82 Å². The van der Waals surface area contributed by atoms with Gasteiger partial charge >= 0.3 is 6.09 Å². The average Bonchev–Trinajstić information content (AvgIpc) is 3.50. The van der Waals surface area contributed by atoms with Gasteiger partial charge in [0.2, 0.25) is 11.8 Å². The van der Waals surface area contributed by atoms with Gasteiger partial charge in [-0.25, -0.2) is 14.8 Å². The minimum absolute atomic E-state index is 0.0866. The third kappa shape index (κ3) is 4.66. The smallest absolute Gasteiger partial charge is 0.410 e. The van der Waals surface area contributed by atoms with Crippen LogP contribution in [0.3, 0.4) is 0 Å². The maximum atomic E-state index is 12.3. The lowest BCUT2D eigenvalue weighted by atomic mass is 9.92. The first-order valence-corrected chi connectivity index (χ1v) is 10.7. The minimum Gasteiger partial charge on any atom is -0.473 e. The Bertz CT molecular complexity index is 772. The fraction of sp³-hybridized carbons (Fsp3) is 0.714. The first-order valence-electron chi connectivity index (χ1n) is 10.7. The molecule has 9 heteroatoms. The van der Waals surface area contributed by atoms with E-state index in [2.05, 4.69) is 9.97 Å². The van der Waals surface area contributed by atoms with Gasteiger partial charge in [-0.1, -0.05) is 0 Å². The van der Waals surface area contributed by atoms with Crippen LogP contribution >= 0.6 is 0 Å². The topological polar surface area (TPSA) is 94.1 Å². The van der Waals surface area contributed by atoms with Gasteiger partial charge in [-0.3, -0.25) is 9.69 Å². The van der Waals surface area contributed by atoms with Crippen molar-refractivity contribution in [3.05, 3.63) is 12.4 Å². The SMILES string of the molecule is COC1(COc2cnc(N3CCCCC3=O)cn2)CCN(C(=O)OC2(C)CC2)CC1. The molecule has 2 saturated heterocycles. The molecule has 0 atom stereocenters. The van der Waals surface area contributed by atoms with Gasteiger partial charge < -0.3 is 19.1 Å². The first kappa shape index (κ1) is 20.8. The van der Waals surface area contributed by atoms with E-state index in [0.717, 1.165) is 25.7 Å². The number of amides is 2. The van der Waals surface area contributed by atoms with Crippen LogP contribution in [0.25, 0.3) is 0 Å². The molecule has 0 bridgehead atoms. The summed E-state index contributed by atoms with van der Waals surface area (Å²) in [6, 6.07) is 0. The van der Waals surface area contributed by atoms with Gasteiger partial charge in [-0.15, -0.1) is 0 Å². The zero-order valence-electron chi connectivity index (χ0n) is 17.8. The molecule has 4 rings (SSSR count). The van der Waals surface area contributed by atoms with Crippen LogP contribution < -0.4 is 9.64 Å². The second-order valence-electron chi connectivity index (χ2n) is 8.70. The quantitative estimate of drug-likeness (QED) is 0.701. The van der Waals surface area contributed by atoms with E-state index in [-0.39, 0.29) is 17.6 Å². The van der Waals surface area contributed by atoms with Crippen molar-refractivity contribution in [2.75, 3.05) is 38.3 Å². The third-order valence-electron chi connectivity index (χ3n) is 6.35. The zero-order valence-corrected chi connectivity index (χ0v) is 17.8. The highest BCUT2D eigenvalue weighted by atomic mass is 16.6. The molecule has 1 saturated carbocycles. The summed E-state index contributed by atoms with van der Waals surface area (Å²) in [5.41, 5.74) is -0.747. The lowest BCUT2D eigenvalue weighted by Crippen LogP contribution is -2.51. The van der Waals surface area contributed by atoms with Crippen LogP contribution in [0.5, 0.6) is 5.88 Å². The largest absolute Gasteiger partial charge is 0.473 e. The normalized spacial score (nSPS) is 22.5. The van der Waals surface area contributed by atoms with Crippen molar-refractivity contribution in [3.63, 3.8) is 0 Å². The van der Waals surface area contributed by atoms with E-state index in [0.29, 0.717) is 57.2 Å². The number of methoxy groups -OCH3 is 1. The molecule has 0 unspecified atom stereocenters. The summed E-state index contributed by atoms with van der Waals surface area (Å²) >= 11 is 0. The van der Waals surface area contributed by atoms with Crippen molar-refractivity contribution in [2.45, 2.75) is 63.1 Å². The lowest BCUT2D eigenvalue weighted by molar-refractivity contribution is -0.119. The fourth-order valence-corrected chi connectivity index (χ4v) is 3.83. The van der Waals surface area contributed by atoms with Crippen LogP contribution in [0.1, 0.15) is 51.9 Å². The Kier molecular flexibility index (Phi) is 5.81. The number of hydrogen-bond donors (Lipinski definition) is 0. The molecule has 0 radical (unpaired) electrons. The van der Waals surface area contributed by atoms with Crippen molar-refractivity contribution in [3.8, 4) is 5.88 Å². The predicted octanol–water partition coefficient (Wildman–Crippen LogP) is 2.54. The van der Waals surface area contributed by atoms with Gasteiger partial charge in [-0.05, 0) is 45.4 Å². The zero-order chi connectivity index (χ0) is 21.2. The molecule has 9 nitrogen and oxygen atoms in total. The molecule has 1 aliphatic carbocycles. The summed E-state index contributed by atoms with van der Waals surface area (Å²) in [4.78, 5) is 36.4. The van der Waals surface area contributed by atoms with Crippen molar-refractivity contribution >= 4 is 17.8 Å². The molecule has 0 N–H and O–H groups in total. The number of rotatable bonds is 6. The molecule has 164 valence electrons. The first-order chi connectivity index (χ1) is 14.4. The van der Waals surface area contributed by atoms with E-state index in [1.807, 2.05) is 6.92 Å². The number of carbonyl (C=O) groups is 2. The maximum Gasteiger partial charge on any atom is 0.410 e. The molecule has 3 fully saturated rings. The van der Waals surface area contributed by atoms with Crippen molar-refractivity contribution in [1.82, 2.24) is 14.9 Å². The number of ether oxygens (including phenoxy) is 3. The molecule has 1 aromatic rings. The summed E-state index contributed by atoms with van der Waals surface area (Å²) in [5.74, 6) is 1.04. The van der Waals surface area contributed by atoms with Crippen LogP contribution in [-0.4, -0.2) is 71.4 Å². The molecule has 30 heavy (non-hydrogen) atoms. The van der Waals surface area contributed by atoms with Gasteiger partial charge in [0, 0.05) is 33.2 Å². The minimum atomic E-state index is -0.483. The molecule has 0 spiro atoms. The summed E-state index contributed by atoms with van der Waals surface area (Å²) < 4.78 is 17.2. The average molecular weight is 418 g/mol. The lowest BCUT2D eigenvalue weighted by Gasteiger charge is -2.40. The Balaban J connectivity index is 1.29. The number of piperidine rings is 2. The molecule has 1 aromatic heterocycles. The van der Waals surface area contributed by atoms with Crippen LogP contribution in [0.15, 0.2) is 12.4 Å². The number of nitrogens with zero attached hydrogens (tertiary/aromatic N) is 4. The fourth-order valence-electron chi connectivity index (χ4n) is 3.83. The van der Waals surface area contributed by atoms with Crippen molar-refractivity contribution in [2.24, 2.45) is 0 Å². The number of aromatic nitrogens is 2. The van der Waals surface area contributed by atoms with Gasteiger partial charge in [0.25, 0.3) is 0 Å². The highest BCUT2D eigenvalue weighted by Crippen LogP contribution is 2.39. The van der Waals surface area contributed by atoms with E-state index in [1.165, 1.54) is 0 Å². The Morgan fingerprint density at radius 1 is 1.10 bits per heavy atom. The van der Waals surface area contributed by atoms with Gasteiger partial charge in [-0.2, -0.15) is 0 Å². The van der Waals surface area contributed by atoms with Crippen LogP contribution in [0.4, 0.5) is 10.6 Å². The Hall–Kier alpha value is -2.42. The number of carbonyl (C=O) groups excluding carboxylic acids is 2. The van der Waals surface area contributed by atoms with Crippen LogP contribution in [0, 0.1) is 0 Å². The monoisotopic (exact) mass is 418 g/mol. The molecular weight excluding hydrogens is 388 g/mol. The second kappa shape index (κ2) is 8.37. The van der Waals surface area contributed by atoms with E-state index < -0.39 is 5.60 Å². The molecule has 2 aliphatic heterocycles. The van der Waals surface area contributed by atoms with E-state index in [1.54, 1.807) is 29.3 Å². The molecule has 0 aromatic carbocycles. The van der Waals surface area contributed by atoms with Crippen LogP contribution in [0.2, 0.25) is 0 Å². The summed E-state index contributed by atoms with van der Waals surface area (Å²) in [5, 5.41) is 0. The molecule has 3 heterocycles. The molecule has 3 aliphatic rings. The van der Waals surface area contributed by atoms with Crippen molar-refractivity contribution < 1.29 is 23.8 Å². The van der Waals surface area contributed by atoms with E-state index in [9.17, 15) is 9.59 Å². The summed E-state index contributed by atoms with van der Waals surface area (Å²) in [7, 11) is 1.67. The third-order valence-corrected chi connectivity index (χ3v) is 6.35. The van der Waals surface area contributed by atoms with E-state index >= 15 is 0 Å². The number of hydrogen-bond acceptors (Lipinski definition) is 7.